The van der Waals surface area contributed by atoms with Gasteiger partial charge in [0, 0.05) is 14.2 Å². The molecule has 0 aliphatic carbocycles. The maximum atomic E-state index is 5.41. The number of rotatable bonds is 8. The number of benzene rings is 2. The molecule has 1 aliphatic rings. The molecule has 0 unspecified atom stereocenters. The number of nitrogens with one attached hydrogen (secondary N) is 1. The molecule has 5 heteroatoms. The molecule has 1 N–H and O–H groups in total. The molecule has 156 valence electrons. The van der Waals surface area contributed by atoms with Crippen molar-refractivity contribution in [2.45, 2.75) is 31.1 Å². The van der Waals surface area contributed by atoms with E-state index in [0.29, 0.717) is 13.1 Å². The first kappa shape index (κ1) is 21.5. The Kier molecular flexibility index (Phi) is 7.81. The zero-order valence-electron chi connectivity index (χ0n) is 17.8. The number of nitrogens with zero attached hydrogens (tertiary/aromatic N) is 2. The summed E-state index contributed by atoms with van der Waals surface area (Å²) in [5.74, 6) is 1.03. The van der Waals surface area contributed by atoms with E-state index in [9.17, 15) is 0 Å². The van der Waals surface area contributed by atoms with E-state index in [-0.39, 0.29) is 11.7 Å². The fourth-order valence-corrected chi connectivity index (χ4v) is 3.99. The summed E-state index contributed by atoms with van der Waals surface area (Å²) in [5.41, 5.74) is 2.39. The highest BCUT2D eigenvalue weighted by molar-refractivity contribution is 5.93. The third-order valence-electron chi connectivity index (χ3n) is 5.84. The fraction of sp³-hybridized carbons (Fsp3) is 0.458. The van der Waals surface area contributed by atoms with Gasteiger partial charge in [0.1, 0.15) is 5.84 Å². The quantitative estimate of drug-likeness (QED) is 0.422. The molecule has 0 atom stereocenters. The molecule has 5 nitrogen and oxygen atoms in total. The second-order valence-electron chi connectivity index (χ2n) is 7.68. The van der Waals surface area contributed by atoms with Crippen molar-refractivity contribution in [2.24, 2.45) is 4.99 Å². The van der Waals surface area contributed by atoms with E-state index in [1.807, 2.05) is 6.07 Å². The van der Waals surface area contributed by atoms with Crippen molar-refractivity contribution in [3.63, 3.8) is 0 Å². The first-order valence-electron chi connectivity index (χ1n) is 10.3. The van der Waals surface area contributed by atoms with Crippen LogP contribution in [-0.4, -0.2) is 57.9 Å². The fourth-order valence-electron chi connectivity index (χ4n) is 3.99. The van der Waals surface area contributed by atoms with Crippen LogP contribution in [0.25, 0.3) is 0 Å². The van der Waals surface area contributed by atoms with Gasteiger partial charge in [-0.3, -0.25) is 4.99 Å². The summed E-state index contributed by atoms with van der Waals surface area (Å²) in [6, 6.07) is 21.2. The Bertz CT molecular complexity index is 752. The molecule has 0 saturated carbocycles. The summed E-state index contributed by atoms with van der Waals surface area (Å²) < 4.78 is 10.8. The molecular formula is C24H33N3O2. The molecular weight excluding hydrogens is 362 g/mol. The molecule has 1 fully saturated rings. The summed E-state index contributed by atoms with van der Waals surface area (Å²) in [6.45, 7) is 3.29. The zero-order valence-corrected chi connectivity index (χ0v) is 17.8. The van der Waals surface area contributed by atoms with Crippen LogP contribution in [0.5, 0.6) is 0 Å². The maximum Gasteiger partial charge on any atom is 0.173 e. The average molecular weight is 396 g/mol. The van der Waals surface area contributed by atoms with E-state index in [1.165, 1.54) is 11.1 Å². The van der Waals surface area contributed by atoms with Crippen LogP contribution in [0.15, 0.2) is 65.7 Å². The van der Waals surface area contributed by atoms with Crippen LogP contribution >= 0.6 is 0 Å². The Labute approximate surface area is 174 Å². The summed E-state index contributed by atoms with van der Waals surface area (Å²) >= 11 is 0. The highest BCUT2D eigenvalue weighted by Gasteiger charge is 2.40. The summed E-state index contributed by atoms with van der Waals surface area (Å²) in [7, 11) is 5.52. The van der Waals surface area contributed by atoms with E-state index in [1.54, 1.807) is 14.2 Å². The molecule has 2 aromatic carbocycles. The molecule has 29 heavy (non-hydrogen) atoms. The standard InChI is InChI=1S/C24H33N3O2/c1-27-16-14-24(15-17-27,21-12-8-5-9-13-21)23(26-19-22(28-2)29-3)25-18-20-10-6-4-7-11-20/h4-13,22H,14-19H2,1-3H3,(H,25,26). The average Bonchev–Trinajstić information content (AvgIpc) is 2.78. The van der Waals surface area contributed by atoms with E-state index in [4.69, 9.17) is 14.5 Å². The second kappa shape index (κ2) is 10.5. The molecule has 0 spiro atoms. The van der Waals surface area contributed by atoms with Gasteiger partial charge >= 0.3 is 0 Å². The van der Waals surface area contributed by atoms with Gasteiger partial charge in [0.2, 0.25) is 0 Å². The number of piperidine rings is 1. The van der Waals surface area contributed by atoms with Gasteiger partial charge in [0.25, 0.3) is 0 Å². The predicted molar refractivity (Wildman–Crippen MR) is 118 cm³/mol. The molecule has 0 bridgehead atoms. The molecule has 0 aromatic heterocycles. The number of aliphatic imine (C=N–C) groups is 1. The Morgan fingerprint density at radius 1 is 1.00 bits per heavy atom. The first-order chi connectivity index (χ1) is 14.2. The van der Waals surface area contributed by atoms with Gasteiger partial charge in [-0.15, -0.1) is 0 Å². The van der Waals surface area contributed by atoms with Crippen LogP contribution in [0.2, 0.25) is 0 Å². The number of amidine groups is 1. The van der Waals surface area contributed by atoms with Crippen molar-refractivity contribution < 1.29 is 9.47 Å². The highest BCUT2D eigenvalue weighted by Crippen LogP contribution is 2.36. The lowest BCUT2D eigenvalue weighted by molar-refractivity contribution is -0.0967. The molecule has 3 rings (SSSR count). The number of likely N-dealkylation sites (tertiary alicyclic amines) is 1. The second-order valence-corrected chi connectivity index (χ2v) is 7.68. The minimum Gasteiger partial charge on any atom is -0.368 e. The minimum absolute atomic E-state index is 0.130. The summed E-state index contributed by atoms with van der Waals surface area (Å²) in [6.07, 6.45) is 1.74. The molecule has 0 amide bonds. The van der Waals surface area contributed by atoms with Crippen LogP contribution in [0.1, 0.15) is 24.0 Å². The van der Waals surface area contributed by atoms with Gasteiger partial charge in [-0.25, -0.2) is 0 Å². The normalized spacial score (nSPS) is 17.4. The Balaban J connectivity index is 1.95. The van der Waals surface area contributed by atoms with E-state index in [2.05, 4.69) is 71.9 Å². The van der Waals surface area contributed by atoms with Crippen molar-refractivity contribution >= 4 is 5.84 Å². The number of methoxy groups -OCH3 is 2. The summed E-state index contributed by atoms with van der Waals surface area (Å²) in [4.78, 5) is 7.50. The Morgan fingerprint density at radius 3 is 2.17 bits per heavy atom. The van der Waals surface area contributed by atoms with Gasteiger partial charge in [0.05, 0.1) is 18.5 Å². The Morgan fingerprint density at radius 2 is 1.59 bits per heavy atom. The maximum absolute atomic E-state index is 5.41. The highest BCUT2D eigenvalue weighted by atomic mass is 16.7. The van der Waals surface area contributed by atoms with E-state index >= 15 is 0 Å². The van der Waals surface area contributed by atoms with Crippen molar-refractivity contribution in [3.8, 4) is 0 Å². The van der Waals surface area contributed by atoms with Crippen LogP contribution in [0.3, 0.4) is 0 Å². The van der Waals surface area contributed by atoms with Crippen LogP contribution < -0.4 is 5.32 Å². The van der Waals surface area contributed by atoms with Crippen LogP contribution in [0.4, 0.5) is 0 Å². The minimum atomic E-state index is -0.309. The lowest BCUT2D eigenvalue weighted by Crippen LogP contribution is -2.52. The molecule has 0 radical (unpaired) electrons. The SMILES string of the molecule is COC(CNC(=NCc1ccccc1)C1(c2ccccc2)CCN(C)CC1)OC. The number of ether oxygens (including phenoxy) is 2. The van der Waals surface area contributed by atoms with Gasteiger partial charge in [-0.2, -0.15) is 0 Å². The third kappa shape index (κ3) is 5.44. The molecule has 2 aromatic rings. The van der Waals surface area contributed by atoms with Gasteiger partial charge < -0.3 is 19.7 Å². The van der Waals surface area contributed by atoms with Crippen molar-refractivity contribution in [1.29, 1.82) is 0 Å². The van der Waals surface area contributed by atoms with Crippen molar-refractivity contribution in [2.75, 3.05) is 40.9 Å². The van der Waals surface area contributed by atoms with Gasteiger partial charge in [-0.1, -0.05) is 60.7 Å². The number of hydrogen-bond acceptors (Lipinski definition) is 4. The zero-order chi connectivity index (χ0) is 20.5. The lowest BCUT2D eigenvalue weighted by Gasteiger charge is -2.42. The number of hydrogen-bond donors (Lipinski definition) is 1. The monoisotopic (exact) mass is 395 g/mol. The van der Waals surface area contributed by atoms with Crippen molar-refractivity contribution in [3.05, 3.63) is 71.8 Å². The van der Waals surface area contributed by atoms with Crippen LogP contribution in [0, 0.1) is 0 Å². The molecule has 1 aliphatic heterocycles. The van der Waals surface area contributed by atoms with Crippen molar-refractivity contribution in [1.82, 2.24) is 10.2 Å². The molecule has 1 saturated heterocycles. The Hall–Kier alpha value is -2.21. The van der Waals surface area contributed by atoms with Gasteiger partial charge in [0.15, 0.2) is 6.29 Å². The lowest BCUT2D eigenvalue weighted by atomic mass is 9.71. The first-order valence-corrected chi connectivity index (χ1v) is 10.3. The van der Waals surface area contributed by atoms with Gasteiger partial charge in [-0.05, 0) is 44.1 Å². The predicted octanol–water partition coefficient (Wildman–Crippen LogP) is 3.46. The largest absolute Gasteiger partial charge is 0.368 e. The van der Waals surface area contributed by atoms with E-state index < -0.39 is 0 Å². The smallest absolute Gasteiger partial charge is 0.173 e. The van der Waals surface area contributed by atoms with E-state index in [0.717, 1.165) is 31.8 Å². The summed E-state index contributed by atoms with van der Waals surface area (Å²) in [5, 5.41) is 3.60. The molecule has 1 heterocycles. The third-order valence-corrected chi connectivity index (χ3v) is 5.84. The topological polar surface area (TPSA) is 46.1 Å². The van der Waals surface area contributed by atoms with Crippen LogP contribution in [-0.2, 0) is 21.4 Å².